The van der Waals surface area contributed by atoms with Crippen LogP contribution in [0.1, 0.15) is 19.3 Å². The first-order valence-electron chi connectivity index (χ1n) is 4.98. The Bertz CT molecular complexity index is 394. The fourth-order valence-electron chi connectivity index (χ4n) is 1.13. The van der Waals surface area contributed by atoms with Gasteiger partial charge in [0.15, 0.2) is 0 Å². The summed E-state index contributed by atoms with van der Waals surface area (Å²) >= 11 is 1.06. The number of rotatable bonds is 8. The van der Waals surface area contributed by atoms with E-state index in [1.54, 1.807) is 0 Å². The average molecular weight is 259 g/mol. The van der Waals surface area contributed by atoms with Crippen molar-refractivity contribution < 1.29 is 14.7 Å². The number of nitrogens with zero attached hydrogens (tertiary/aromatic N) is 4. The van der Waals surface area contributed by atoms with Crippen molar-refractivity contribution >= 4 is 23.6 Å². The van der Waals surface area contributed by atoms with E-state index in [1.165, 1.54) is 4.68 Å². The maximum atomic E-state index is 10.5. The van der Waals surface area contributed by atoms with Gasteiger partial charge in [-0.25, -0.2) is 4.68 Å². The predicted molar refractivity (Wildman–Crippen MR) is 59.2 cm³/mol. The molecule has 0 saturated carbocycles. The van der Waals surface area contributed by atoms with E-state index in [0.29, 0.717) is 31.0 Å². The van der Waals surface area contributed by atoms with Crippen LogP contribution in [0.5, 0.6) is 0 Å². The number of tetrazole rings is 1. The van der Waals surface area contributed by atoms with Crippen molar-refractivity contribution in [3.05, 3.63) is 0 Å². The van der Waals surface area contributed by atoms with Gasteiger partial charge in [-0.15, -0.1) is 5.10 Å². The molecule has 94 valence electrons. The minimum Gasteiger partial charge on any atom is -0.481 e. The van der Waals surface area contributed by atoms with Gasteiger partial charge in [0.05, 0.1) is 5.75 Å². The number of aromatic nitrogens is 4. The molecule has 0 fully saturated rings. The molecule has 1 amide bonds. The van der Waals surface area contributed by atoms with Crippen LogP contribution in [0, 0.1) is 0 Å². The first-order valence-corrected chi connectivity index (χ1v) is 5.97. The molecule has 8 nitrogen and oxygen atoms in total. The minimum atomic E-state index is -0.918. The van der Waals surface area contributed by atoms with Gasteiger partial charge in [0.2, 0.25) is 11.1 Å². The van der Waals surface area contributed by atoms with Gasteiger partial charge in [-0.05, 0) is 23.3 Å². The number of hydrogen-bond donors (Lipinski definition) is 2. The second-order valence-electron chi connectivity index (χ2n) is 3.29. The highest BCUT2D eigenvalue weighted by atomic mass is 32.2. The fourth-order valence-corrected chi connectivity index (χ4v) is 1.75. The van der Waals surface area contributed by atoms with Crippen molar-refractivity contribution in [2.45, 2.75) is 31.0 Å². The summed E-state index contributed by atoms with van der Waals surface area (Å²) in [5, 5.41) is 19.9. The molecule has 0 aliphatic carbocycles. The van der Waals surface area contributed by atoms with Crippen LogP contribution in [0.4, 0.5) is 0 Å². The lowest BCUT2D eigenvalue weighted by molar-refractivity contribution is -0.133. The van der Waals surface area contributed by atoms with Crippen molar-refractivity contribution in [1.29, 1.82) is 0 Å². The van der Waals surface area contributed by atoms with Crippen LogP contribution in [0.15, 0.2) is 5.16 Å². The fraction of sp³-hybridized carbons (Fsp3) is 0.625. The number of unbranched alkanes of at least 4 members (excludes halogenated alkanes) is 1. The van der Waals surface area contributed by atoms with Crippen molar-refractivity contribution in [2.24, 2.45) is 5.73 Å². The lowest BCUT2D eigenvalue weighted by Crippen LogP contribution is -2.11. The van der Waals surface area contributed by atoms with Crippen LogP contribution >= 0.6 is 11.8 Å². The standard InChI is InChI=1S/C8H13N5O3S/c9-6(14)3-1-2-4-13-8(10-11-12-13)17-5-7(15)16/h1-5H2,(H2,9,14)(H,15,16). The summed E-state index contributed by atoms with van der Waals surface area (Å²) in [5.41, 5.74) is 5.01. The van der Waals surface area contributed by atoms with Gasteiger partial charge in [0.1, 0.15) is 0 Å². The quantitative estimate of drug-likeness (QED) is 0.476. The van der Waals surface area contributed by atoms with Gasteiger partial charge in [0.25, 0.3) is 0 Å². The molecule has 0 aromatic carbocycles. The molecule has 0 unspecified atom stereocenters. The van der Waals surface area contributed by atoms with E-state index in [2.05, 4.69) is 15.5 Å². The summed E-state index contributed by atoms with van der Waals surface area (Å²) < 4.78 is 1.52. The van der Waals surface area contributed by atoms with Gasteiger partial charge in [-0.2, -0.15) is 0 Å². The maximum absolute atomic E-state index is 10.5. The van der Waals surface area contributed by atoms with Crippen LogP contribution in [0.25, 0.3) is 0 Å². The average Bonchev–Trinajstić information content (AvgIpc) is 2.68. The third-order valence-corrected chi connectivity index (χ3v) is 2.81. The van der Waals surface area contributed by atoms with E-state index in [1.807, 2.05) is 0 Å². The molecule has 0 saturated heterocycles. The summed E-state index contributed by atoms with van der Waals surface area (Å²) in [7, 11) is 0. The molecule has 0 radical (unpaired) electrons. The number of carboxylic acid groups (broad SMARTS) is 1. The van der Waals surface area contributed by atoms with Gasteiger partial charge in [0, 0.05) is 13.0 Å². The third-order valence-electron chi connectivity index (χ3n) is 1.87. The Balaban J connectivity index is 2.35. The van der Waals surface area contributed by atoms with Crippen molar-refractivity contribution in [3.8, 4) is 0 Å². The Hall–Kier alpha value is -1.64. The summed E-state index contributed by atoms with van der Waals surface area (Å²) in [6.07, 6.45) is 1.71. The highest BCUT2D eigenvalue weighted by molar-refractivity contribution is 7.99. The molecule has 1 aromatic heterocycles. The van der Waals surface area contributed by atoms with Crippen LogP contribution < -0.4 is 5.73 Å². The number of carbonyl (C=O) groups excluding carboxylic acids is 1. The molecule has 1 heterocycles. The number of thioether (sulfide) groups is 1. The van der Waals surface area contributed by atoms with E-state index in [4.69, 9.17) is 10.8 Å². The predicted octanol–water partition coefficient (Wildman–Crippen LogP) is -0.495. The van der Waals surface area contributed by atoms with E-state index >= 15 is 0 Å². The number of carbonyl (C=O) groups is 2. The topological polar surface area (TPSA) is 124 Å². The summed E-state index contributed by atoms with van der Waals surface area (Å²) in [4.78, 5) is 20.9. The highest BCUT2D eigenvalue weighted by Crippen LogP contribution is 2.13. The Labute approximate surface area is 102 Å². The minimum absolute atomic E-state index is 0.0817. The molecule has 0 aliphatic rings. The molecular weight excluding hydrogens is 246 g/mol. The molecule has 0 aliphatic heterocycles. The maximum Gasteiger partial charge on any atom is 0.313 e. The molecule has 0 atom stereocenters. The van der Waals surface area contributed by atoms with E-state index < -0.39 is 5.97 Å². The van der Waals surface area contributed by atoms with Crippen LogP contribution in [-0.4, -0.2) is 42.9 Å². The second kappa shape index (κ2) is 6.84. The summed E-state index contributed by atoms with van der Waals surface area (Å²) in [6.45, 7) is 0.544. The monoisotopic (exact) mass is 259 g/mol. The molecule has 1 rings (SSSR count). The van der Waals surface area contributed by atoms with E-state index in [-0.39, 0.29) is 11.7 Å². The molecular formula is C8H13N5O3S. The molecule has 1 aromatic rings. The molecule has 0 bridgehead atoms. The molecule has 0 spiro atoms. The zero-order valence-corrected chi connectivity index (χ0v) is 9.89. The number of aliphatic carboxylic acids is 1. The number of aryl methyl sites for hydroxylation is 1. The van der Waals surface area contributed by atoms with Crippen molar-refractivity contribution in [1.82, 2.24) is 20.2 Å². The molecule has 3 N–H and O–H groups in total. The number of amides is 1. The Morgan fingerprint density at radius 3 is 2.82 bits per heavy atom. The van der Waals surface area contributed by atoms with Gasteiger partial charge in [-0.1, -0.05) is 11.8 Å². The number of hydrogen-bond acceptors (Lipinski definition) is 6. The van der Waals surface area contributed by atoms with Crippen molar-refractivity contribution in [3.63, 3.8) is 0 Å². The Kier molecular flexibility index (Phi) is 5.40. The zero-order valence-electron chi connectivity index (χ0n) is 9.07. The smallest absolute Gasteiger partial charge is 0.313 e. The van der Waals surface area contributed by atoms with E-state index in [9.17, 15) is 9.59 Å². The van der Waals surface area contributed by atoms with Gasteiger partial charge in [-0.3, -0.25) is 9.59 Å². The number of nitrogens with two attached hydrogens (primary N) is 1. The SMILES string of the molecule is NC(=O)CCCCn1nnnc1SCC(=O)O. The first-order chi connectivity index (χ1) is 8.09. The molecule has 17 heavy (non-hydrogen) atoms. The normalized spacial score (nSPS) is 10.4. The van der Waals surface area contributed by atoms with Crippen LogP contribution in [0.2, 0.25) is 0 Å². The first kappa shape index (κ1) is 13.4. The number of carboxylic acids is 1. The van der Waals surface area contributed by atoms with Crippen LogP contribution in [0.3, 0.4) is 0 Å². The van der Waals surface area contributed by atoms with E-state index in [0.717, 1.165) is 11.8 Å². The summed E-state index contributed by atoms with van der Waals surface area (Å²) in [6, 6.07) is 0. The van der Waals surface area contributed by atoms with Gasteiger partial charge < -0.3 is 10.8 Å². The highest BCUT2D eigenvalue weighted by Gasteiger charge is 2.08. The third kappa shape index (κ3) is 5.29. The second-order valence-corrected chi connectivity index (χ2v) is 4.23. The molecule has 9 heteroatoms. The largest absolute Gasteiger partial charge is 0.481 e. The number of primary amides is 1. The lowest BCUT2D eigenvalue weighted by Gasteiger charge is -2.02. The Morgan fingerprint density at radius 1 is 1.41 bits per heavy atom. The van der Waals surface area contributed by atoms with Gasteiger partial charge >= 0.3 is 5.97 Å². The summed E-state index contributed by atoms with van der Waals surface area (Å²) in [5.74, 6) is -1.33. The Morgan fingerprint density at radius 2 is 2.18 bits per heavy atom. The van der Waals surface area contributed by atoms with Crippen LogP contribution in [-0.2, 0) is 16.1 Å². The van der Waals surface area contributed by atoms with Crippen molar-refractivity contribution in [2.75, 3.05) is 5.75 Å². The lowest BCUT2D eigenvalue weighted by atomic mass is 10.2. The zero-order chi connectivity index (χ0) is 12.7.